The monoisotopic (exact) mass is 469 g/mol. The van der Waals surface area contributed by atoms with E-state index in [0.29, 0.717) is 32.6 Å². The molecule has 0 fully saturated rings. The summed E-state index contributed by atoms with van der Waals surface area (Å²) in [6, 6.07) is -0.0728. The van der Waals surface area contributed by atoms with Crippen LogP contribution in [-0.4, -0.2) is 122 Å². The number of hydrogen-bond acceptors (Lipinski definition) is 10. The van der Waals surface area contributed by atoms with Crippen LogP contribution in [0.2, 0.25) is 6.04 Å². The Morgan fingerprint density at radius 2 is 1.58 bits per heavy atom. The highest BCUT2D eigenvalue weighted by atomic mass is 28.4. The van der Waals surface area contributed by atoms with Gasteiger partial charge in [-0.2, -0.15) is 0 Å². The highest BCUT2D eigenvalue weighted by molar-refractivity contribution is 6.56. The van der Waals surface area contributed by atoms with Gasteiger partial charge in [-0.05, 0) is 40.2 Å². The standard InChI is InChI=1S/C20H47N3O7Si/c1-5-7-21-8-10-23(11-9-22-14-18(24)17-30-20(2,3)4)15-19(25)16-29-12-6-13-31(26,27)28/h18-19,21-22,24-28H,5-17H2,1-4H3. The van der Waals surface area contributed by atoms with E-state index < -0.39 is 21.0 Å². The maximum absolute atomic E-state index is 10.3. The summed E-state index contributed by atoms with van der Waals surface area (Å²) in [5.74, 6) is 0. The molecule has 0 saturated heterocycles. The third kappa shape index (κ3) is 22.8. The predicted molar refractivity (Wildman–Crippen MR) is 123 cm³/mol. The summed E-state index contributed by atoms with van der Waals surface area (Å²) < 4.78 is 11.0. The summed E-state index contributed by atoms with van der Waals surface area (Å²) in [7, 11) is -4.01. The van der Waals surface area contributed by atoms with E-state index in [4.69, 9.17) is 23.9 Å². The van der Waals surface area contributed by atoms with E-state index in [1.807, 2.05) is 20.8 Å². The van der Waals surface area contributed by atoms with Crippen LogP contribution in [0.15, 0.2) is 0 Å². The van der Waals surface area contributed by atoms with Gasteiger partial charge in [0.1, 0.15) is 0 Å². The zero-order valence-corrected chi connectivity index (χ0v) is 20.8. The smallest absolute Gasteiger partial charge is 0.390 e. The van der Waals surface area contributed by atoms with Crippen LogP contribution in [0.3, 0.4) is 0 Å². The lowest BCUT2D eigenvalue weighted by Gasteiger charge is -2.26. The van der Waals surface area contributed by atoms with Gasteiger partial charge in [-0.1, -0.05) is 6.92 Å². The highest BCUT2D eigenvalue weighted by Gasteiger charge is 2.25. The number of ether oxygens (including phenoxy) is 2. The van der Waals surface area contributed by atoms with Crippen molar-refractivity contribution < 1.29 is 34.1 Å². The normalized spacial score (nSPS) is 14.9. The Hall–Kier alpha value is -0.183. The molecule has 0 aromatic carbocycles. The molecule has 0 aliphatic carbocycles. The summed E-state index contributed by atoms with van der Waals surface area (Å²) in [6.07, 6.45) is 0.151. The molecule has 7 N–H and O–H groups in total. The van der Waals surface area contributed by atoms with Crippen molar-refractivity contribution in [3.8, 4) is 0 Å². The minimum absolute atomic E-state index is 0.0728. The Kier molecular flexibility index (Phi) is 17.2. The van der Waals surface area contributed by atoms with Gasteiger partial charge in [0.05, 0.1) is 31.0 Å². The summed E-state index contributed by atoms with van der Waals surface area (Å²) in [4.78, 5) is 29.1. The van der Waals surface area contributed by atoms with E-state index in [2.05, 4.69) is 22.5 Å². The number of aliphatic hydroxyl groups excluding tert-OH is 2. The van der Waals surface area contributed by atoms with E-state index in [0.717, 1.165) is 26.1 Å². The largest absolute Gasteiger partial charge is 0.492 e. The molecule has 0 rings (SSSR count). The topological polar surface area (TPSA) is 147 Å². The van der Waals surface area contributed by atoms with Crippen molar-refractivity contribution in [2.75, 3.05) is 65.6 Å². The van der Waals surface area contributed by atoms with Crippen LogP contribution in [0, 0.1) is 0 Å². The highest BCUT2D eigenvalue weighted by Crippen LogP contribution is 2.06. The minimum Gasteiger partial charge on any atom is -0.390 e. The quantitative estimate of drug-likeness (QED) is 0.0851. The van der Waals surface area contributed by atoms with Gasteiger partial charge >= 0.3 is 8.80 Å². The lowest BCUT2D eigenvalue weighted by atomic mass is 10.2. The Bertz CT molecular complexity index is 423. The fraction of sp³-hybridized carbons (Fsp3) is 1.00. The first-order chi connectivity index (χ1) is 14.4. The maximum Gasteiger partial charge on any atom is 0.492 e. The van der Waals surface area contributed by atoms with Crippen molar-refractivity contribution in [2.24, 2.45) is 0 Å². The summed E-state index contributed by atoms with van der Waals surface area (Å²) in [5.41, 5.74) is -0.277. The predicted octanol–water partition coefficient (Wildman–Crippen LogP) is -1.26. The molecule has 0 radical (unpaired) electrons. The van der Waals surface area contributed by atoms with Gasteiger partial charge in [0.15, 0.2) is 0 Å². The fourth-order valence-corrected chi connectivity index (χ4v) is 3.34. The van der Waals surface area contributed by atoms with Crippen molar-refractivity contribution in [1.82, 2.24) is 15.5 Å². The molecule has 0 aliphatic heterocycles. The Labute approximate surface area is 188 Å². The number of aliphatic hydroxyl groups is 2. The van der Waals surface area contributed by atoms with E-state index in [-0.39, 0.29) is 31.5 Å². The summed E-state index contributed by atoms with van der Waals surface area (Å²) in [6.45, 7) is 13.5. The van der Waals surface area contributed by atoms with Gasteiger partial charge in [0, 0.05) is 51.9 Å². The molecule has 10 nitrogen and oxygen atoms in total. The second-order valence-corrected chi connectivity index (χ2v) is 11.0. The average molecular weight is 470 g/mol. The lowest BCUT2D eigenvalue weighted by Crippen LogP contribution is -2.43. The van der Waals surface area contributed by atoms with Gasteiger partial charge in [0.25, 0.3) is 0 Å². The SMILES string of the molecule is CCCNCCN(CCNCC(O)COC(C)(C)C)CC(O)COCCC[Si](O)(O)O. The van der Waals surface area contributed by atoms with Gasteiger partial charge in [0.2, 0.25) is 0 Å². The average Bonchev–Trinajstić information content (AvgIpc) is 2.64. The van der Waals surface area contributed by atoms with E-state index in [1.165, 1.54) is 0 Å². The third-order valence-electron chi connectivity index (χ3n) is 4.31. The van der Waals surface area contributed by atoms with E-state index >= 15 is 0 Å². The molecule has 2 atom stereocenters. The van der Waals surface area contributed by atoms with Crippen molar-refractivity contribution in [3.05, 3.63) is 0 Å². The number of rotatable bonds is 20. The van der Waals surface area contributed by atoms with Crippen LogP contribution >= 0.6 is 0 Å². The second-order valence-electron chi connectivity index (χ2n) is 8.94. The second kappa shape index (κ2) is 17.3. The Morgan fingerprint density at radius 3 is 2.16 bits per heavy atom. The molecule has 0 aromatic rings. The van der Waals surface area contributed by atoms with Gasteiger partial charge in [-0.15, -0.1) is 0 Å². The van der Waals surface area contributed by atoms with Gasteiger partial charge in [-0.25, -0.2) is 0 Å². The molecule has 0 saturated carbocycles. The first-order valence-electron chi connectivity index (χ1n) is 11.3. The van der Waals surface area contributed by atoms with Crippen LogP contribution in [0.1, 0.15) is 40.5 Å². The molecule has 31 heavy (non-hydrogen) atoms. The Morgan fingerprint density at radius 1 is 0.935 bits per heavy atom. The number of hydrogen-bond donors (Lipinski definition) is 7. The van der Waals surface area contributed by atoms with Crippen molar-refractivity contribution in [2.45, 2.75) is 64.4 Å². The first kappa shape index (κ1) is 30.8. The van der Waals surface area contributed by atoms with Crippen LogP contribution in [-0.2, 0) is 9.47 Å². The van der Waals surface area contributed by atoms with Crippen molar-refractivity contribution in [3.63, 3.8) is 0 Å². The van der Waals surface area contributed by atoms with E-state index in [1.54, 1.807) is 0 Å². The van der Waals surface area contributed by atoms with Crippen LogP contribution in [0.25, 0.3) is 0 Å². The van der Waals surface area contributed by atoms with Gasteiger partial charge < -0.3 is 44.7 Å². The molecular weight excluding hydrogens is 422 g/mol. The fourth-order valence-electron chi connectivity index (χ4n) is 2.73. The number of nitrogens with one attached hydrogen (secondary N) is 2. The number of nitrogens with zero attached hydrogens (tertiary/aromatic N) is 1. The molecule has 0 aromatic heterocycles. The minimum atomic E-state index is -4.01. The van der Waals surface area contributed by atoms with Crippen molar-refractivity contribution >= 4 is 8.80 Å². The molecule has 0 aliphatic rings. The maximum atomic E-state index is 10.3. The van der Waals surface area contributed by atoms with Gasteiger partial charge in [-0.3, -0.25) is 4.90 Å². The molecule has 0 heterocycles. The first-order valence-corrected chi connectivity index (χ1v) is 13.4. The lowest BCUT2D eigenvalue weighted by molar-refractivity contribution is -0.0479. The molecule has 0 bridgehead atoms. The molecule has 0 amide bonds. The molecule has 2 unspecified atom stereocenters. The van der Waals surface area contributed by atoms with Crippen LogP contribution in [0.5, 0.6) is 0 Å². The summed E-state index contributed by atoms with van der Waals surface area (Å²) in [5, 5.41) is 26.9. The molecule has 188 valence electrons. The third-order valence-corrected chi connectivity index (χ3v) is 5.33. The summed E-state index contributed by atoms with van der Waals surface area (Å²) >= 11 is 0. The van der Waals surface area contributed by atoms with Crippen molar-refractivity contribution in [1.29, 1.82) is 0 Å². The molecule has 0 spiro atoms. The zero-order valence-electron chi connectivity index (χ0n) is 19.8. The molecule has 11 heteroatoms. The van der Waals surface area contributed by atoms with E-state index in [9.17, 15) is 10.2 Å². The van der Waals surface area contributed by atoms with Crippen LogP contribution < -0.4 is 10.6 Å². The van der Waals surface area contributed by atoms with Crippen LogP contribution in [0.4, 0.5) is 0 Å². The molecular formula is C20H47N3O7Si. The zero-order chi connectivity index (χ0) is 23.8. The Balaban J connectivity index is 4.17.